The number of thioether (sulfide) groups is 1. The Morgan fingerprint density at radius 1 is 1.11 bits per heavy atom. The van der Waals surface area contributed by atoms with E-state index in [1.54, 1.807) is 0 Å². The van der Waals surface area contributed by atoms with Gasteiger partial charge in [-0.2, -0.15) is 0 Å². The van der Waals surface area contributed by atoms with Gasteiger partial charge in [-0.15, -0.1) is 11.8 Å². The minimum atomic E-state index is 0. The third-order valence-corrected chi connectivity index (χ3v) is 9.91. The lowest BCUT2D eigenvalue weighted by Gasteiger charge is -2.57. The van der Waals surface area contributed by atoms with Gasteiger partial charge in [0.25, 0.3) is 0 Å². The van der Waals surface area contributed by atoms with Gasteiger partial charge in [0.2, 0.25) is 0 Å². The molecule has 6 atom stereocenters. The molecule has 3 nitrogen and oxygen atoms in total. The summed E-state index contributed by atoms with van der Waals surface area (Å²) < 4.78 is 0. The summed E-state index contributed by atoms with van der Waals surface area (Å²) in [6.07, 6.45) is 15.6. The first kappa shape index (κ1) is 19.9. The molecule has 0 bridgehead atoms. The van der Waals surface area contributed by atoms with Crippen LogP contribution < -0.4 is 0 Å². The Morgan fingerprint density at radius 2 is 1.96 bits per heavy atom. The molecule has 1 aromatic rings. The maximum atomic E-state index is 11.9. The van der Waals surface area contributed by atoms with Gasteiger partial charge in [0, 0.05) is 16.9 Å². The molecule has 3 fully saturated rings. The average Bonchev–Trinajstić information content (AvgIpc) is 3.00. The second kappa shape index (κ2) is 7.14. The van der Waals surface area contributed by atoms with Crippen LogP contribution in [-0.4, -0.2) is 21.5 Å². The average molecular weight is 398 g/mol. The number of hydrogen-bond acceptors (Lipinski definition) is 3. The van der Waals surface area contributed by atoms with E-state index in [1.807, 2.05) is 36.2 Å². The Hall–Kier alpha value is -1.39. The van der Waals surface area contributed by atoms with Gasteiger partial charge in [0.1, 0.15) is 0 Å². The van der Waals surface area contributed by atoms with Crippen LogP contribution in [-0.2, 0) is 4.79 Å². The number of carbonyl (C=O) groups is 1. The van der Waals surface area contributed by atoms with Gasteiger partial charge in [-0.3, -0.25) is 4.79 Å². The maximum Gasteiger partial charge on any atom is 0.178 e. The molecular formula is C24H31NO2S. The van der Waals surface area contributed by atoms with Gasteiger partial charge in [0.15, 0.2) is 5.78 Å². The second-order valence-corrected chi connectivity index (χ2v) is 10.7. The molecule has 1 aromatic heterocycles. The highest BCUT2D eigenvalue weighted by Gasteiger charge is 2.58. The van der Waals surface area contributed by atoms with Crippen molar-refractivity contribution in [3.05, 3.63) is 48.2 Å². The van der Waals surface area contributed by atoms with Crippen LogP contribution in [0, 0.1) is 28.6 Å². The molecule has 0 spiro atoms. The van der Waals surface area contributed by atoms with Gasteiger partial charge in [-0.1, -0.05) is 31.6 Å². The first-order valence-electron chi connectivity index (χ1n) is 10.5. The van der Waals surface area contributed by atoms with Crippen molar-refractivity contribution in [2.45, 2.75) is 62.6 Å². The van der Waals surface area contributed by atoms with E-state index >= 15 is 0 Å². The number of aromatic nitrogens is 1. The topological polar surface area (TPSA) is 61.5 Å². The molecule has 4 aliphatic carbocycles. The minimum absolute atomic E-state index is 0. The molecule has 0 radical (unpaired) electrons. The van der Waals surface area contributed by atoms with E-state index < -0.39 is 0 Å². The van der Waals surface area contributed by atoms with E-state index in [2.05, 4.69) is 37.0 Å². The molecule has 28 heavy (non-hydrogen) atoms. The molecule has 2 N–H and O–H groups in total. The van der Waals surface area contributed by atoms with Crippen LogP contribution in [0.2, 0.25) is 0 Å². The first-order chi connectivity index (χ1) is 13.0. The van der Waals surface area contributed by atoms with E-state index in [9.17, 15) is 4.79 Å². The summed E-state index contributed by atoms with van der Waals surface area (Å²) in [5.41, 5.74) is 1.94. The number of hydrogen-bond donors (Lipinski definition) is 0. The highest BCUT2D eigenvalue weighted by molar-refractivity contribution is 7.99. The summed E-state index contributed by atoms with van der Waals surface area (Å²) in [5.74, 6) is 2.52. The van der Waals surface area contributed by atoms with Crippen molar-refractivity contribution in [1.82, 2.24) is 4.98 Å². The third kappa shape index (κ3) is 2.91. The number of ketones is 1. The van der Waals surface area contributed by atoms with Crippen molar-refractivity contribution in [2.24, 2.45) is 28.6 Å². The molecular weight excluding hydrogens is 366 g/mol. The fourth-order valence-corrected chi connectivity index (χ4v) is 8.29. The van der Waals surface area contributed by atoms with Crippen molar-refractivity contribution in [3.63, 3.8) is 0 Å². The summed E-state index contributed by atoms with van der Waals surface area (Å²) >= 11 is 2.02. The minimum Gasteiger partial charge on any atom is -0.412 e. The maximum absolute atomic E-state index is 11.9. The molecule has 0 aromatic carbocycles. The largest absolute Gasteiger partial charge is 0.412 e. The Labute approximate surface area is 172 Å². The SMILES string of the molecule is C[C@]12CC[C@H]3[C@@H](CCC4=CC(=O)C=C[C@@]43C)[C@@H]1CC[C@@H]2Sc1ccccn1.O. The van der Waals surface area contributed by atoms with Gasteiger partial charge in [0.05, 0.1) is 5.03 Å². The molecule has 0 saturated heterocycles. The molecule has 150 valence electrons. The van der Waals surface area contributed by atoms with E-state index in [1.165, 1.54) is 42.7 Å². The fraction of sp³-hybridized carbons (Fsp3) is 0.583. The second-order valence-electron chi connectivity index (χ2n) is 9.50. The third-order valence-electron chi connectivity index (χ3n) is 8.37. The van der Waals surface area contributed by atoms with Crippen molar-refractivity contribution in [3.8, 4) is 0 Å². The molecule has 0 aliphatic heterocycles. The predicted octanol–water partition coefficient (Wildman–Crippen LogP) is 5.03. The molecule has 5 rings (SSSR count). The zero-order valence-corrected chi connectivity index (χ0v) is 17.7. The van der Waals surface area contributed by atoms with Crippen molar-refractivity contribution in [2.75, 3.05) is 0 Å². The summed E-state index contributed by atoms with van der Waals surface area (Å²) in [6, 6.07) is 6.27. The molecule has 0 unspecified atom stereocenters. The molecule has 4 aliphatic rings. The lowest BCUT2D eigenvalue weighted by atomic mass is 9.48. The molecule has 1 heterocycles. The number of fused-ring (bicyclic) bond motifs is 5. The van der Waals surface area contributed by atoms with Crippen LogP contribution >= 0.6 is 11.8 Å². The summed E-state index contributed by atoms with van der Waals surface area (Å²) in [5, 5.41) is 1.87. The highest BCUT2D eigenvalue weighted by Crippen LogP contribution is 2.66. The molecule has 0 amide bonds. The Bertz CT molecular complexity index is 819. The van der Waals surface area contributed by atoms with Crippen LogP contribution in [0.3, 0.4) is 0 Å². The van der Waals surface area contributed by atoms with E-state index in [4.69, 9.17) is 0 Å². The molecule has 3 saturated carbocycles. The lowest BCUT2D eigenvalue weighted by molar-refractivity contribution is -0.111. The predicted molar refractivity (Wildman–Crippen MR) is 114 cm³/mol. The van der Waals surface area contributed by atoms with Crippen LogP contribution in [0.4, 0.5) is 0 Å². The fourth-order valence-electron chi connectivity index (χ4n) is 6.91. The number of carbonyl (C=O) groups excluding carboxylic acids is 1. The zero-order valence-electron chi connectivity index (χ0n) is 16.9. The van der Waals surface area contributed by atoms with Crippen molar-refractivity contribution >= 4 is 17.5 Å². The van der Waals surface area contributed by atoms with Gasteiger partial charge < -0.3 is 5.48 Å². The first-order valence-corrected chi connectivity index (χ1v) is 11.4. The summed E-state index contributed by atoms with van der Waals surface area (Å²) in [7, 11) is 0. The Balaban J connectivity index is 0.00000192. The Kier molecular flexibility index (Phi) is 5.08. The standard InChI is InChI=1S/C24H29NOS.H2O/c1-23-12-10-17(26)15-16(23)6-7-18-19-8-9-21(24(19,2)13-11-20(18)23)27-22-5-3-4-14-25-22;/h3-5,10,12,14-15,18-21H,6-9,11,13H2,1-2H3;1H2/t18-,19-,20-,21-,23-,24-;/m0./s1. The van der Waals surface area contributed by atoms with Gasteiger partial charge in [-0.05, 0) is 86.0 Å². The quantitative estimate of drug-likeness (QED) is 0.703. The number of rotatable bonds is 2. The monoisotopic (exact) mass is 397 g/mol. The van der Waals surface area contributed by atoms with Crippen LogP contribution in [0.15, 0.2) is 53.2 Å². The van der Waals surface area contributed by atoms with E-state index in [0.717, 1.165) is 18.3 Å². The Morgan fingerprint density at radius 3 is 2.75 bits per heavy atom. The number of nitrogens with zero attached hydrogens (tertiary/aromatic N) is 1. The number of pyridine rings is 1. The van der Waals surface area contributed by atoms with Crippen LogP contribution in [0.1, 0.15) is 52.4 Å². The zero-order chi connectivity index (χ0) is 18.6. The molecule has 4 heteroatoms. The van der Waals surface area contributed by atoms with Crippen molar-refractivity contribution in [1.29, 1.82) is 0 Å². The van der Waals surface area contributed by atoms with E-state index in [0.29, 0.717) is 16.6 Å². The van der Waals surface area contributed by atoms with Crippen LogP contribution in [0.25, 0.3) is 0 Å². The summed E-state index contributed by atoms with van der Waals surface area (Å²) in [6.45, 7) is 4.96. The normalized spacial score (nSPS) is 41.4. The lowest BCUT2D eigenvalue weighted by Crippen LogP contribution is -2.50. The van der Waals surface area contributed by atoms with Gasteiger partial charge in [-0.25, -0.2) is 4.98 Å². The van der Waals surface area contributed by atoms with Crippen LogP contribution in [0.5, 0.6) is 0 Å². The smallest absolute Gasteiger partial charge is 0.178 e. The van der Waals surface area contributed by atoms with E-state index in [-0.39, 0.29) is 16.7 Å². The number of allylic oxidation sites excluding steroid dienone is 4. The van der Waals surface area contributed by atoms with Gasteiger partial charge >= 0.3 is 0 Å². The highest BCUT2D eigenvalue weighted by atomic mass is 32.2. The summed E-state index contributed by atoms with van der Waals surface area (Å²) in [4.78, 5) is 16.5. The van der Waals surface area contributed by atoms with Crippen molar-refractivity contribution < 1.29 is 10.3 Å².